The van der Waals surface area contributed by atoms with E-state index < -0.39 is 0 Å². The van der Waals surface area contributed by atoms with E-state index in [2.05, 4.69) is 29.4 Å². The van der Waals surface area contributed by atoms with Gasteiger partial charge in [0.05, 0.1) is 11.9 Å². The van der Waals surface area contributed by atoms with E-state index in [0.29, 0.717) is 5.69 Å². The molecule has 0 saturated carbocycles. The van der Waals surface area contributed by atoms with Gasteiger partial charge in [0.1, 0.15) is 5.69 Å². The Hall–Kier alpha value is -2.89. The van der Waals surface area contributed by atoms with E-state index in [1.807, 2.05) is 27.6 Å². The molecule has 2 heterocycles. The highest BCUT2D eigenvalue weighted by molar-refractivity contribution is 5.61. The Morgan fingerprint density at radius 1 is 1.08 bits per heavy atom. The number of aryl methyl sites for hydroxylation is 3. The molecule has 0 amide bonds. The molecular weight excluding hydrogens is 316 g/mol. The van der Waals surface area contributed by atoms with Crippen LogP contribution in [0.4, 0.5) is 0 Å². The molecule has 3 aromatic rings. The third-order valence-corrected chi connectivity index (χ3v) is 4.41. The first-order valence-electron chi connectivity index (χ1n) is 8.41. The first-order chi connectivity index (χ1) is 12.1. The van der Waals surface area contributed by atoms with Gasteiger partial charge in [0.2, 0.25) is 5.43 Å². The van der Waals surface area contributed by atoms with E-state index in [4.69, 9.17) is 0 Å². The lowest BCUT2D eigenvalue weighted by Gasteiger charge is -2.11. The Kier molecular flexibility index (Phi) is 4.97. The Morgan fingerprint density at radius 2 is 1.84 bits per heavy atom. The van der Waals surface area contributed by atoms with E-state index >= 15 is 0 Å². The minimum atomic E-state index is -0.333. The molecule has 1 aromatic carbocycles. The van der Waals surface area contributed by atoms with E-state index in [-0.39, 0.29) is 11.2 Å². The SMILES string of the molecule is Cc1ccccc1-c1cn(CCCCn2ccc(=O)c(O)c2C)nn1. The Morgan fingerprint density at radius 3 is 2.64 bits per heavy atom. The smallest absolute Gasteiger partial charge is 0.223 e. The van der Waals surface area contributed by atoms with Gasteiger partial charge in [-0.1, -0.05) is 29.5 Å². The number of unbranched alkanes of at least 4 members (excludes halogenated alkanes) is 1. The van der Waals surface area contributed by atoms with E-state index in [9.17, 15) is 9.90 Å². The van der Waals surface area contributed by atoms with Gasteiger partial charge in [-0.3, -0.25) is 9.48 Å². The van der Waals surface area contributed by atoms with Crippen LogP contribution in [-0.2, 0) is 13.1 Å². The standard InChI is InChI=1S/C19H22N4O2/c1-14-7-3-4-8-16(14)17-13-23(21-20-17)11-6-5-10-22-12-9-18(24)19(25)15(22)2/h3-4,7-9,12-13,25H,5-6,10-11H2,1-2H3. The van der Waals surface area contributed by atoms with Crippen LogP contribution >= 0.6 is 0 Å². The fourth-order valence-electron chi connectivity index (χ4n) is 2.85. The van der Waals surface area contributed by atoms with Gasteiger partial charge >= 0.3 is 0 Å². The highest BCUT2D eigenvalue weighted by Gasteiger charge is 2.07. The molecule has 25 heavy (non-hydrogen) atoms. The molecule has 0 bridgehead atoms. The predicted octanol–water partition coefficient (Wildman–Crippen LogP) is 2.91. The summed E-state index contributed by atoms with van der Waals surface area (Å²) < 4.78 is 3.76. The fourth-order valence-corrected chi connectivity index (χ4v) is 2.85. The van der Waals surface area contributed by atoms with Crippen molar-refractivity contribution in [2.24, 2.45) is 0 Å². The van der Waals surface area contributed by atoms with Gasteiger partial charge in [0, 0.05) is 30.9 Å². The highest BCUT2D eigenvalue weighted by atomic mass is 16.3. The molecule has 1 N–H and O–H groups in total. The average molecular weight is 338 g/mol. The van der Waals surface area contributed by atoms with Crippen molar-refractivity contribution in [3.05, 3.63) is 64.2 Å². The van der Waals surface area contributed by atoms with Crippen molar-refractivity contribution >= 4 is 0 Å². The second kappa shape index (κ2) is 7.34. The molecule has 6 nitrogen and oxygen atoms in total. The Bertz CT molecular complexity index is 927. The summed E-state index contributed by atoms with van der Waals surface area (Å²) in [4.78, 5) is 11.4. The van der Waals surface area contributed by atoms with Crippen molar-refractivity contribution in [2.45, 2.75) is 39.8 Å². The number of pyridine rings is 1. The summed E-state index contributed by atoms with van der Waals surface area (Å²) in [5, 5.41) is 18.2. The van der Waals surface area contributed by atoms with Crippen LogP contribution in [0.25, 0.3) is 11.3 Å². The van der Waals surface area contributed by atoms with Crippen LogP contribution in [0.5, 0.6) is 5.75 Å². The lowest BCUT2D eigenvalue weighted by atomic mass is 10.1. The average Bonchev–Trinajstić information content (AvgIpc) is 3.07. The monoisotopic (exact) mass is 338 g/mol. The minimum Gasteiger partial charge on any atom is -0.503 e. The summed E-state index contributed by atoms with van der Waals surface area (Å²) in [7, 11) is 0. The molecule has 3 rings (SSSR count). The lowest BCUT2D eigenvalue weighted by molar-refractivity contribution is 0.447. The summed E-state index contributed by atoms with van der Waals surface area (Å²) in [6.07, 6.45) is 5.55. The van der Waals surface area contributed by atoms with Gasteiger partial charge in [-0.2, -0.15) is 0 Å². The zero-order valence-corrected chi connectivity index (χ0v) is 14.5. The quantitative estimate of drug-likeness (QED) is 0.702. The summed E-state index contributed by atoms with van der Waals surface area (Å²) >= 11 is 0. The lowest BCUT2D eigenvalue weighted by Crippen LogP contribution is -2.10. The summed E-state index contributed by atoms with van der Waals surface area (Å²) in [5.41, 5.74) is 3.45. The number of nitrogens with zero attached hydrogens (tertiary/aromatic N) is 4. The maximum absolute atomic E-state index is 11.4. The molecule has 0 aliphatic carbocycles. The van der Waals surface area contributed by atoms with Crippen molar-refractivity contribution < 1.29 is 5.11 Å². The second-order valence-corrected chi connectivity index (χ2v) is 6.20. The molecule has 0 aliphatic heterocycles. The maximum Gasteiger partial charge on any atom is 0.223 e. The van der Waals surface area contributed by atoms with Crippen LogP contribution in [0.2, 0.25) is 0 Å². The molecule has 0 atom stereocenters. The van der Waals surface area contributed by atoms with Gasteiger partial charge in [-0.25, -0.2) is 0 Å². The molecule has 0 unspecified atom stereocenters. The molecule has 0 fully saturated rings. The number of aromatic hydroxyl groups is 1. The minimum absolute atomic E-state index is 0.165. The Labute approximate surface area is 146 Å². The molecule has 0 spiro atoms. The van der Waals surface area contributed by atoms with Crippen LogP contribution < -0.4 is 5.43 Å². The molecule has 6 heteroatoms. The van der Waals surface area contributed by atoms with Crippen molar-refractivity contribution in [3.8, 4) is 17.0 Å². The van der Waals surface area contributed by atoms with Gasteiger partial charge in [-0.05, 0) is 32.3 Å². The number of hydrogen-bond donors (Lipinski definition) is 1. The van der Waals surface area contributed by atoms with E-state index in [0.717, 1.165) is 37.2 Å². The van der Waals surface area contributed by atoms with Gasteiger partial charge < -0.3 is 9.67 Å². The normalized spacial score (nSPS) is 11.0. The van der Waals surface area contributed by atoms with Crippen LogP contribution in [0.3, 0.4) is 0 Å². The summed E-state index contributed by atoms with van der Waals surface area (Å²) in [5.74, 6) is -0.165. The van der Waals surface area contributed by atoms with Crippen LogP contribution in [0.1, 0.15) is 24.1 Å². The Balaban J connectivity index is 1.56. The molecular formula is C19H22N4O2. The molecule has 130 valence electrons. The predicted molar refractivity (Wildman–Crippen MR) is 96.5 cm³/mol. The van der Waals surface area contributed by atoms with Gasteiger partial charge in [-0.15, -0.1) is 5.10 Å². The summed E-state index contributed by atoms with van der Waals surface area (Å²) in [6, 6.07) is 9.53. The molecule has 0 radical (unpaired) electrons. The second-order valence-electron chi connectivity index (χ2n) is 6.20. The first-order valence-corrected chi connectivity index (χ1v) is 8.41. The fraction of sp³-hybridized carbons (Fsp3) is 0.316. The van der Waals surface area contributed by atoms with Crippen molar-refractivity contribution in [1.82, 2.24) is 19.6 Å². The highest BCUT2D eigenvalue weighted by Crippen LogP contribution is 2.20. The van der Waals surface area contributed by atoms with Crippen molar-refractivity contribution in [3.63, 3.8) is 0 Å². The molecule has 0 aliphatic rings. The molecule has 0 saturated heterocycles. The van der Waals surface area contributed by atoms with Gasteiger partial charge in [0.15, 0.2) is 5.75 Å². The summed E-state index contributed by atoms with van der Waals surface area (Å²) in [6.45, 7) is 5.35. The van der Waals surface area contributed by atoms with E-state index in [1.54, 1.807) is 13.1 Å². The number of hydrogen-bond acceptors (Lipinski definition) is 4. The number of rotatable bonds is 6. The largest absolute Gasteiger partial charge is 0.503 e. The van der Waals surface area contributed by atoms with Crippen LogP contribution in [0, 0.1) is 13.8 Å². The first kappa shape index (κ1) is 17.0. The topological polar surface area (TPSA) is 72.9 Å². The zero-order chi connectivity index (χ0) is 17.8. The van der Waals surface area contributed by atoms with Crippen molar-refractivity contribution in [2.75, 3.05) is 0 Å². The van der Waals surface area contributed by atoms with Crippen LogP contribution in [-0.4, -0.2) is 24.7 Å². The maximum atomic E-state index is 11.4. The molecule has 2 aromatic heterocycles. The van der Waals surface area contributed by atoms with Crippen LogP contribution in [0.15, 0.2) is 47.5 Å². The van der Waals surface area contributed by atoms with Crippen molar-refractivity contribution in [1.29, 1.82) is 0 Å². The van der Waals surface area contributed by atoms with E-state index in [1.165, 1.54) is 11.6 Å². The third-order valence-electron chi connectivity index (χ3n) is 4.41. The van der Waals surface area contributed by atoms with Gasteiger partial charge in [0.25, 0.3) is 0 Å². The number of benzene rings is 1. The number of aromatic nitrogens is 4. The zero-order valence-electron chi connectivity index (χ0n) is 14.5. The third kappa shape index (κ3) is 3.79.